The molecule has 2 rings (SSSR count). The highest BCUT2D eigenvalue weighted by atomic mass is 16.2. The van der Waals surface area contributed by atoms with Gasteiger partial charge >= 0.3 is 0 Å². The molecule has 0 spiro atoms. The number of carbonyl (C=O) groups excluding carboxylic acids is 2. The smallest absolute Gasteiger partial charge is 0.262 e. The van der Waals surface area contributed by atoms with E-state index in [1.54, 1.807) is 6.07 Å². The summed E-state index contributed by atoms with van der Waals surface area (Å²) >= 11 is 0. The van der Waals surface area contributed by atoms with Crippen LogP contribution in [0.1, 0.15) is 42.3 Å². The highest BCUT2D eigenvalue weighted by Gasteiger charge is 2.41. The van der Waals surface area contributed by atoms with E-state index < -0.39 is 5.54 Å². The zero-order chi connectivity index (χ0) is 15.1. The van der Waals surface area contributed by atoms with E-state index in [2.05, 4.69) is 5.92 Å². The molecule has 20 heavy (non-hydrogen) atoms. The summed E-state index contributed by atoms with van der Waals surface area (Å²) in [5, 5.41) is 0. The molecule has 0 aromatic heterocycles. The summed E-state index contributed by atoms with van der Waals surface area (Å²) in [7, 11) is 0. The Labute approximate surface area is 119 Å². The number of hydrogen-bond donors (Lipinski definition) is 0. The Bertz CT molecular complexity index is 669. The molecule has 1 aliphatic rings. The molecule has 0 saturated heterocycles. The van der Waals surface area contributed by atoms with E-state index in [4.69, 9.17) is 6.42 Å². The molecule has 1 aliphatic heterocycles. The first-order valence-corrected chi connectivity index (χ1v) is 6.44. The lowest BCUT2D eigenvalue weighted by molar-refractivity contribution is -0.126. The van der Waals surface area contributed by atoms with Crippen molar-refractivity contribution in [3.05, 3.63) is 41.0 Å². The molecular weight excluding hydrogens is 250 g/mol. The van der Waals surface area contributed by atoms with Crippen LogP contribution in [-0.4, -0.2) is 22.3 Å². The Morgan fingerprint density at radius 3 is 2.40 bits per heavy atom. The Morgan fingerprint density at radius 1 is 1.20 bits per heavy atom. The number of terminal acetylenes is 1. The topological polar surface area (TPSA) is 37.4 Å². The summed E-state index contributed by atoms with van der Waals surface area (Å²) in [5.74, 6) is 1.80. The van der Waals surface area contributed by atoms with E-state index in [1.807, 2.05) is 39.8 Å². The molecule has 0 saturated carbocycles. The van der Waals surface area contributed by atoms with Crippen LogP contribution < -0.4 is 0 Å². The summed E-state index contributed by atoms with van der Waals surface area (Å²) in [4.78, 5) is 26.5. The number of benzene rings is 1. The third-order valence-corrected chi connectivity index (χ3v) is 3.31. The fourth-order valence-electron chi connectivity index (χ4n) is 2.47. The van der Waals surface area contributed by atoms with Crippen LogP contribution in [-0.2, 0) is 4.79 Å². The number of allylic oxidation sites excluding steroid dienone is 1. The molecule has 0 bridgehead atoms. The summed E-state index contributed by atoms with van der Waals surface area (Å²) in [6, 6.07) is 5.42. The van der Waals surface area contributed by atoms with Crippen molar-refractivity contribution in [2.24, 2.45) is 0 Å². The maximum atomic E-state index is 12.6. The molecule has 2 amide bonds. The lowest BCUT2D eigenvalue weighted by Crippen LogP contribution is -2.52. The number of amides is 2. The highest BCUT2D eigenvalue weighted by Crippen LogP contribution is 2.34. The third kappa shape index (κ3) is 2.04. The molecule has 1 aromatic rings. The number of imide groups is 1. The SMILES string of the molecule is C#C/C=C1/C(=O)N(C(C)(C)C)C(=O)c2cccc(C)c21. The predicted octanol–water partition coefficient (Wildman–Crippen LogP) is 2.79. The lowest BCUT2D eigenvalue weighted by Gasteiger charge is -2.38. The van der Waals surface area contributed by atoms with Crippen molar-refractivity contribution in [1.29, 1.82) is 0 Å². The molecule has 0 fully saturated rings. The van der Waals surface area contributed by atoms with Crippen molar-refractivity contribution in [2.45, 2.75) is 33.2 Å². The number of nitrogens with zero attached hydrogens (tertiary/aromatic N) is 1. The van der Waals surface area contributed by atoms with Crippen LogP contribution in [0.25, 0.3) is 5.57 Å². The highest BCUT2D eigenvalue weighted by molar-refractivity contribution is 6.31. The standard InChI is InChI=1S/C17H17NO2/c1-6-8-12-14-11(2)9-7-10-13(14)16(20)18(15(12)19)17(3,4)5/h1,7-10H,2-5H3/b12-8+. The zero-order valence-electron chi connectivity index (χ0n) is 12.2. The largest absolute Gasteiger partial charge is 0.269 e. The Morgan fingerprint density at radius 2 is 1.85 bits per heavy atom. The average molecular weight is 267 g/mol. The van der Waals surface area contributed by atoms with Gasteiger partial charge in [-0.25, -0.2) is 0 Å². The van der Waals surface area contributed by atoms with Crippen molar-refractivity contribution < 1.29 is 9.59 Å². The Hall–Kier alpha value is -2.34. The third-order valence-electron chi connectivity index (χ3n) is 3.31. The molecule has 0 radical (unpaired) electrons. The molecule has 0 unspecified atom stereocenters. The molecule has 1 heterocycles. The van der Waals surface area contributed by atoms with Crippen molar-refractivity contribution in [3.8, 4) is 12.3 Å². The minimum atomic E-state index is -0.594. The number of fused-ring (bicyclic) bond motifs is 1. The van der Waals surface area contributed by atoms with E-state index in [0.29, 0.717) is 16.7 Å². The van der Waals surface area contributed by atoms with Gasteiger partial charge in [0.2, 0.25) is 0 Å². The molecule has 0 N–H and O–H groups in total. The van der Waals surface area contributed by atoms with Crippen molar-refractivity contribution in [1.82, 2.24) is 4.90 Å². The van der Waals surface area contributed by atoms with Crippen molar-refractivity contribution in [2.75, 3.05) is 0 Å². The molecule has 1 aromatic carbocycles. The lowest BCUT2D eigenvalue weighted by atomic mass is 9.87. The van der Waals surface area contributed by atoms with Gasteiger partial charge in [0.25, 0.3) is 11.8 Å². The van der Waals surface area contributed by atoms with Crippen molar-refractivity contribution in [3.63, 3.8) is 0 Å². The van der Waals surface area contributed by atoms with E-state index >= 15 is 0 Å². The van der Waals surface area contributed by atoms with Crippen LogP contribution in [0.15, 0.2) is 24.3 Å². The maximum Gasteiger partial charge on any atom is 0.262 e. The minimum Gasteiger partial charge on any atom is -0.269 e. The van der Waals surface area contributed by atoms with E-state index in [9.17, 15) is 9.59 Å². The molecule has 0 atom stereocenters. The van der Waals surface area contributed by atoms with Gasteiger partial charge < -0.3 is 0 Å². The van der Waals surface area contributed by atoms with Crippen LogP contribution in [0.4, 0.5) is 0 Å². The van der Waals surface area contributed by atoms with Crippen LogP contribution in [0, 0.1) is 19.3 Å². The van der Waals surface area contributed by atoms with Gasteiger partial charge in [0.15, 0.2) is 0 Å². The van der Waals surface area contributed by atoms with Gasteiger partial charge in [-0.05, 0) is 39.3 Å². The van der Waals surface area contributed by atoms with E-state index in [0.717, 1.165) is 5.56 Å². The van der Waals surface area contributed by atoms with Crippen LogP contribution in [0.5, 0.6) is 0 Å². The zero-order valence-corrected chi connectivity index (χ0v) is 12.2. The summed E-state index contributed by atoms with van der Waals surface area (Å²) < 4.78 is 0. The molecule has 0 aliphatic carbocycles. The van der Waals surface area contributed by atoms with E-state index in [-0.39, 0.29) is 11.8 Å². The van der Waals surface area contributed by atoms with Crippen LogP contribution in [0.3, 0.4) is 0 Å². The fraction of sp³-hybridized carbons (Fsp3) is 0.294. The van der Waals surface area contributed by atoms with Crippen molar-refractivity contribution >= 4 is 17.4 Å². The second-order valence-electron chi connectivity index (χ2n) is 5.84. The Balaban J connectivity index is 2.79. The first kappa shape index (κ1) is 14.1. The molecule has 102 valence electrons. The second-order valence-corrected chi connectivity index (χ2v) is 5.84. The second kappa shape index (κ2) is 4.64. The monoisotopic (exact) mass is 267 g/mol. The normalized spacial score (nSPS) is 17.1. The number of carbonyl (C=O) groups is 2. The van der Waals surface area contributed by atoms with Gasteiger partial charge in [-0.3, -0.25) is 14.5 Å². The van der Waals surface area contributed by atoms with Gasteiger partial charge in [-0.2, -0.15) is 0 Å². The van der Waals surface area contributed by atoms with Gasteiger partial charge in [0, 0.05) is 22.7 Å². The first-order valence-electron chi connectivity index (χ1n) is 6.44. The summed E-state index contributed by atoms with van der Waals surface area (Å²) in [6.45, 7) is 7.36. The van der Waals surface area contributed by atoms with Gasteiger partial charge in [0.05, 0.1) is 5.57 Å². The summed E-state index contributed by atoms with van der Waals surface area (Å²) in [6.07, 6.45) is 6.78. The molecule has 3 nitrogen and oxygen atoms in total. The number of hydrogen-bond acceptors (Lipinski definition) is 2. The van der Waals surface area contributed by atoms with Gasteiger partial charge in [-0.1, -0.05) is 18.1 Å². The number of rotatable bonds is 0. The number of aryl methyl sites for hydroxylation is 1. The van der Waals surface area contributed by atoms with Gasteiger partial charge in [0.1, 0.15) is 0 Å². The van der Waals surface area contributed by atoms with Crippen LogP contribution >= 0.6 is 0 Å². The van der Waals surface area contributed by atoms with Gasteiger partial charge in [-0.15, -0.1) is 6.42 Å². The molecule has 3 heteroatoms. The minimum absolute atomic E-state index is 0.268. The molecular formula is C17H17NO2. The predicted molar refractivity (Wildman–Crippen MR) is 78.9 cm³/mol. The van der Waals surface area contributed by atoms with E-state index in [1.165, 1.54) is 11.0 Å². The first-order chi connectivity index (χ1) is 9.29. The maximum absolute atomic E-state index is 12.6. The average Bonchev–Trinajstić information content (AvgIpc) is 2.33. The summed E-state index contributed by atoms with van der Waals surface area (Å²) in [5.41, 5.74) is 1.87. The fourth-order valence-corrected chi connectivity index (χ4v) is 2.47. The van der Waals surface area contributed by atoms with Crippen LogP contribution in [0.2, 0.25) is 0 Å². The Kier molecular flexibility index (Phi) is 3.27. The quantitative estimate of drug-likeness (QED) is 0.412.